The van der Waals surface area contributed by atoms with Crippen LogP contribution in [-0.4, -0.2) is 32.5 Å². The van der Waals surface area contributed by atoms with Crippen molar-refractivity contribution >= 4 is 5.69 Å². The monoisotopic (exact) mass is 221 g/mol. The van der Waals surface area contributed by atoms with E-state index in [1.807, 2.05) is 0 Å². The maximum absolute atomic E-state index is 5.66. The van der Waals surface area contributed by atoms with Crippen LogP contribution in [0.5, 0.6) is 0 Å². The lowest BCUT2D eigenvalue weighted by Gasteiger charge is -2.11. The molecule has 0 bridgehead atoms. The van der Waals surface area contributed by atoms with Crippen molar-refractivity contribution in [3.63, 3.8) is 0 Å². The Kier molecular flexibility index (Phi) is 4.19. The van der Waals surface area contributed by atoms with Crippen LogP contribution in [0.15, 0.2) is 24.3 Å². The van der Waals surface area contributed by atoms with Crippen molar-refractivity contribution in [3.05, 3.63) is 29.8 Å². The lowest BCUT2D eigenvalue weighted by atomic mass is 10.2. The van der Waals surface area contributed by atoms with Gasteiger partial charge in [-0.15, -0.1) is 0 Å². The number of hydrogen-bond acceptors (Lipinski definition) is 3. The molecular weight excluding hydrogens is 202 g/mol. The second-order valence-corrected chi connectivity index (χ2v) is 4.15. The van der Waals surface area contributed by atoms with E-state index in [-0.39, 0.29) is 0 Å². The van der Waals surface area contributed by atoms with Gasteiger partial charge in [0.1, 0.15) is 0 Å². The Balaban J connectivity index is 1.62. The van der Waals surface area contributed by atoms with Gasteiger partial charge in [0.25, 0.3) is 0 Å². The van der Waals surface area contributed by atoms with Gasteiger partial charge in [0.2, 0.25) is 0 Å². The van der Waals surface area contributed by atoms with Crippen molar-refractivity contribution in [2.75, 3.05) is 31.7 Å². The number of benzene rings is 1. The summed E-state index contributed by atoms with van der Waals surface area (Å²) in [6, 6.07) is 8.39. The minimum atomic E-state index is 0.305. The fourth-order valence-electron chi connectivity index (χ4n) is 1.74. The predicted octanol–water partition coefficient (Wildman–Crippen LogP) is 2.21. The molecule has 16 heavy (non-hydrogen) atoms. The fourth-order valence-corrected chi connectivity index (χ4v) is 1.74. The highest BCUT2D eigenvalue weighted by Crippen LogP contribution is 2.09. The molecule has 1 aliphatic heterocycles. The number of anilines is 1. The van der Waals surface area contributed by atoms with E-state index in [2.05, 4.69) is 36.5 Å². The van der Waals surface area contributed by atoms with Crippen LogP contribution in [0.2, 0.25) is 0 Å². The van der Waals surface area contributed by atoms with E-state index in [1.54, 1.807) is 0 Å². The Morgan fingerprint density at radius 3 is 2.88 bits per heavy atom. The van der Waals surface area contributed by atoms with Crippen molar-refractivity contribution in [2.24, 2.45) is 0 Å². The molecule has 3 heteroatoms. The SMILES string of the molecule is Cc1ccc(NCCOC2CCOC2)cc1. The van der Waals surface area contributed by atoms with Crippen LogP contribution in [0.4, 0.5) is 5.69 Å². The van der Waals surface area contributed by atoms with E-state index in [4.69, 9.17) is 9.47 Å². The average molecular weight is 221 g/mol. The average Bonchev–Trinajstić information content (AvgIpc) is 2.80. The molecule has 1 fully saturated rings. The molecule has 1 aromatic carbocycles. The Morgan fingerprint density at radius 2 is 2.19 bits per heavy atom. The minimum absolute atomic E-state index is 0.305. The molecule has 1 aromatic rings. The van der Waals surface area contributed by atoms with Crippen LogP contribution in [0, 0.1) is 6.92 Å². The molecule has 1 unspecified atom stereocenters. The summed E-state index contributed by atoms with van der Waals surface area (Å²) >= 11 is 0. The second kappa shape index (κ2) is 5.87. The number of nitrogens with one attached hydrogen (secondary N) is 1. The first-order chi connectivity index (χ1) is 7.84. The maximum atomic E-state index is 5.66. The van der Waals surface area contributed by atoms with Crippen LogP contribution in [-0.2, 0) is 9.47 Å². The van der Waals surface area contributed by atoms with Gasteiger partial charge in [-0.3, -0.25) is 0 Å². The molecule has 1 heterocycles. The summed E-state index contributed by atoms with van der Waals surface area (Å²) in [4.78, 5) is 0. The predicted molar refractivity (Wildman–Crippen MR) is 64.8 cm³/mol. The van der Waals surface area contributed by atoms with Gasteiger partial charge in [-0.2, -0.15) is 0 Å². The van der Waals surface area contributed by atoms with E-state index < -0.39 is 0 Å². The minimum Gasteiger partial charge on any atom is -0.383 e. The smallest absolute Gasteiger partial charge is 0.0831 e. The van der Waals surface area contributed by atoms with E-state index >= 15 is 0 Å². The zero-order valence-electron chi connectivity index (χ0n) is 9.74. The van der Waals surface area contributed by atoms with Crippen molar-refractivity contribution in [2.45, 2.75) is 19.4 Å². The van der Waals surface area contributed by atoms with E-state index in [9.17, 15) is 0 Å². The zero-order valence-corrected chi connectivity index (χ0v) is 9.74. The molecule has 0 spiro atoms. The van der Waals surface area contributed by atoms with Gasteiger partial charge in [-0.05, 0) is 25.5 Å². The summed E-state index contributed by atoms with van der Waals surface area (Å²) in [6.45, 7) is 5.27. The molecule has 0 radical (unpaired) electrons. The number of hydrogen-bond donors (Lipinski definition) is 1. The third-order valence-corrected chi connectivity index (χ3v) is 2.72. The van der Waals surface area contributed by atoms with Crippen LogP contribution in [0.25, 0.3) is 0 Å². The summed E-state index contributed by atoms with van der Waals surface area (Å²) < 4.78 is 10.9. The molecule has 0 saturated carbocycles. The number of ether oxygens (including phenoxy) is 2. The third kappa shape index (κ3) is 3.51. The molecular formula is C13H19NO2. The van der Waals surface area contributed by atoms with Gasteiger partial charge in [0, 0.05) is 18.8 Å². The van der Waals surface area contributed by atoms with Gasteiger partial charge < -0.3 is 14.8 Å². The van der Waals surface area contributed by atoms with Crippen molar-refractivity contribution < 1.29 is 9.47 Å². The second-order valence-electron chi connectivity index (χ2n) is 4.15. The topological polar surface area (TPSA) is 30.5 Å². The largest absolute Gasteiger partial charge is 0.383 e. The molecule has 2 rings (SSSR count). The van der Waals surface area contributed by atoms with Gasteiger partial charge in [-0.1, -0.05) is 17.7 Å². The summed E-state index contributed by atoms with van der Waals surface area (Å²) in [5.41, 5.74) is 2.43. The molecule has 3 nitrogen and oxygen atoms in total. The van der Waals surface area contributed by atoms with Crippen molar-refractivity contribution in [3.8, 4) is 0 Å². The van der Waals surface area contributed by atoms with E-state index in [0.717, 1.165) is 38.5 Å². The lowest BCUT2D eigenvalue weighted by Crippen LogP contribution is -2.17. The summed E-state index contributed by atoms with van der Waals surface area (Å²) in [5, 5.41) is 3.33. The van der Waals surface area contributed by atoms with Gasteiger partial charge in [-0.25, -0.2) is 0 Å². The van der Waals surface area contributed by atoms with Gasteiger partial charge >= 0.3 is 0 Å². The molecule has 1 aliphatic rings. The quantitative estimate of drug-likeness (QED) is 0.773. The molecule has 0 aliphatic carbocycles. The molecule has 1 atom stereocenters. The number of aryl methyl sites for hydroxylation is 1. The van der Waals surface area contributed by atoms with E-state index in [0.29, 0.717) is 6.10 Å². The Morgan fingerprint density at radius 1 is 1.38 bits per heavy atom. The van der Waals surface area contributed by atoms with Gasteiger partial charge in [0.15, 0.2) is 0 Å². The van der Waals surface area contributed by atoms with Crippen molar-refractivity contribution in [1.29, 1.82) is 0 Å². The summed E-state index contributed by atoms with van der Waals surface area (Å²) in [7, 11) is 0. The van der Waals surface area contributed by atoms with E-state index in [1.165, 1.54) is 5.56 Å². The molecule has 1 N–H and O–H groups in total. The van der Waals surface area contributed by atoms with Crippen LogP contribution in [0.3, 0.4) is 0 Å². The number of rotatable bonds is 5. The zero-order chi connectivity index (χ0) is 11.2. The first-order valence-electron chi connectivity index (χ1n) is 5.84. The summed E-state index contributed by atoms with van der Waals surface area (Å²) in [5.74, 6) is 0. The van der Waals surface area contributed by atoms with Crippen LogP contribution < -0.4 is 5.32 Å². The lowest BCUT2D eigenvalue weighted by molar-refractivity contribution is 0.0489. The first kappa shape index (κ1) is 11.4. The molecule has 0 amide bonds. The Bertz CT molecular complexity index is 304. The highest BCUT2D eigenvalue weighted by Gasteiger charge is 2.15. The molecule has 1 saturated heterocycles. The Hall–Kier alpha value is -1.06. The highest BCUT2D eigenvalue weighted by molar-refractivity contribution is 5.44. The van der Waals surface area contributed by atoms with Crippen LogP contribution in [0.1, 0.15) is 12.0 Å². The highest BCUT2D eigenvalue weighted by atomic mass is 16.5. The normalized spacial score (nSPS) is 19.9. The molecule has 88 valence electrons. The Labute approximate surface area is 96.8 Å². The summed E-state index contributed by atoms with van der Waals surface area (Å²) in [6.07, 6.45) is 1.34. The fraction of sp³-hybridized carbons (Fsp3) is 0.538. The standard InChI is InChI=1S/C13H19NO2/c1-11-2-4-12(5-3-11)14-7-9-16-13-6-8-15-10-13/h2-5,13-14H,6-10H2,1H3. The van der Waals surface area contributed by atoms with Crippen molar-refractivity contribution in [1.82, 2.24) is 0 Å². The first-order valence-corrected chi connectivity index (χ1v) is 5.84. The third-order valence-electron chi connectivity index (χ3n) is 2.72. The molecule has 0 aromatic heterocycles. The van der Waals surface area contributed by atoms with Gasteiger partial charge in [0.05, 0.1) is 19.3 Å². The van der Waals surface area contributed by atoms with Crippen LogP contribution >= 0.6 is 0 Å². The maximum Gasteiger partial charge on any atom is 0.0831 e.